The summed E-state index contributed by atoms with van der Waals surface area (Å²) in [5.41, 5.74) is 1.45. The highest BCUT2D eigenvalue weighted by atomic mass is 16.3. The van der Waals surface area contributed by atoms with Gasteiger partial charge in [-0.15, -0.1) is 0 Å². The number of fused-ring (bicyclic) bond motifs is 1. The van der Waals surface area contributed by atoms with Gasteiger partial charge in [-0.05, 0) is 49.4 Å². The molecule has 1 heteroatoms. The first kappa shape index (κ1) is 12.2. The highest BCUT2D eigenvalue weighted by molar-refractivity contribution is 5.23. The third-order valence-electron chi connectivity index (χ3n) is 5.39. The Balaban J connectivity index is 2.29. The van der Waals surface area contributed by atoms with E-state index in [0.29, 0.717) is 5.92 Å². The predicted octanol–water partition coefficient (Wildman–Crippen LogP) is 3.92. The second-order valence-electron chi connectivity index (χ2n) is 6.56. The van der Waals surface area contributed by atoms with Gasteiger partial charge in [-0.2, -0.15) is 0 Å². The maximum Gasteiger partial charge on any atom is 0.0682 e. The average Bonchev–Trinajstić information content (AvgIpc) is 2.20. The van der Waals surface area contributed by atoms with Gasteiger partial charge < -0.3 is 5.11 Å². The van der Waals surface area contributed by atoms with Crippen molar-refractivity contribution >= 4 is 0 Å². The molecule has 3 atom stereocenters. The monoisotopic (exact) mass is 222 g/mol. The van der Waals surface area contributed by atoms with Crippen molar-refractivity contribution in [3.05, 3.63) is 11.6 Å². The van der Waals surface area contributed by atoms with Gasteiger partial charge in [0.1, 0.15) is 0 Å². The third-order valence-corrected chi connectivity index (χ3v) is 5.39. The van der Waals surface area contributed by atoms with Crippen molar-refractivity contribution in [2.24, 2.45) is 17.3 Å². The van der Waals surface area contributed by atoms with Gasteiger partial charge in [0.15, 0.2) is 0 Å². The van der Waals surface area contributed by atoms with Crippen molar-refractivity contribution in [2.45, 2.75) is 65.4 Å². The van der Waals surface area contributed by atoms with E-state index in [1.807, 2.05) is 0 Å². The largest absolute Gasteiger partial charge is 0.390 e. The Morgan fingerprint density at radius 3 is 2.75 bits per heavy atom. The summed E-state index contributed by atoms with van der Waals surface area (Å²) in [6.07, 6.45) is 8.00. The van der Waals surface area contributed by atoms with Crippen LogP contribution in [0.1, 0.15) is 59.8 Å². The second-order valence-corrected chi connectivity index (χ2v) is 6.56. The average molecular weight is 222 g/mol. The summed E-state index contributed by atoms with van der Waals surface area (Å²) in [5.74, 6) is 1.10. The molecular weight excluding hydrogens is 196 g/mol. The van der Waals surface area contributed by atoms with E-state index < -0.39 is 5.60 Å². The van der Waals surface area contributed by atoms with Crippen LogP contribution in [0.25, 0.3) is 0 Å². The van der Waals surface area contributed by atoms with Crippen molar-refractivity contribution in [2.75, 3.05) is 0 Å². The first-order chi connectivity index (χ1) is 7.38. The van der Waals surface area contributed by atoms with E-state index in [0.717, 1.165) is 25.2 Å². The van der Waals surface area contributed by atoms with Crippen LogP contribution in [-0.2, 0) is 0 Å². The highest BCUT2D eigenvalue weighted by Crippen LogP contribution is 2.54. The Bertz CT molecular complexity index is 305. The molecule has 1 N–H and O–H groups in total. The van der Waals surface area contributed by atoms with Crippen LogP contribution in [0.5, 0.6) is 0 Å². The van der Waals surface area contributed by atoms with Crippen molar-refractivity contribution < 1.29 is 5.11 Å². The van der Waals surface area contributed by atoms with Crippen LogP contribution in [0, 0.1) is 17.3 Å². The summed E-state index contributed by atoms with van der Waals surface area (Å²) < 4.78 is 0. The third kappa shape index (κ3) is 1.73. The van der Waals surface area contributed by atoms with Gasteiger partial charge in [0.2, 0.25) is 0 Å². The van der Waals surface area contributed by atoms with Crippen LogP contribution in [-0.4, -0.2) is 10.7 Å². The molecule has 0 heterocycles. The van der Waals surface area contributed by atoms with Crippen LogP contribution in [0.2, 0.25) is 0 Å². The Hall–Kier alpha value is -0.300. The molecule has 0 unspecified atom stereocenters. The first-order valence-corrected chi connectivity index (χ1v) is 6.80. The first-order valence-electron chi connectivity index (χ1n) is 6.80. The van der Waals surface area contributed by atoms with Gasteiger partial charge in [-0.1, -0.05) is 39.3 Å². The Morgan fingerprint density at radius 2 is 2.12 bits per heavy atom. The predicted molar refractivity (Wildman–Crippen MR) is 68.2 cm³/mol. The molecule has 2 aliphatic rings. The minimum atomic E-state index is -0.433. The topological polar surface area (TPSA) is 20.2 Å². The number of allylic oxidation sites excluding steroid dienone is 2. The molecule has 0 aromatic heterocycles. The molecular formula is C15H26O. The summed E-state index contributed by atoms with van der Waals surface area (Å²) in [7, 11) is 0. The molecule has 16 heavy (non-hydrogen) atoms. The van der Waals surface area contributed by atoms with Crippen molar-refractivity contribution in [1.29, 1.82) is 0 Å². The molecule has 1 nitrogen and oxygen atoms in total. The SMILES string of the molecule is CC(C)[C@@]1(O)CCC2=CCC[C@H](C)[C@@]2(C)C1. The second kappa shape index (κ2) is 3.87. The molecule has 1 fully saturated rings. The maximum atomic E-state index is 10.7. The van der Waals surface area contributed by atoms with Gasteiger partial charge in [0, 0.05) is 0 Å². The summed E-state index contributed by atoms with van der Waals surface area (Å²) in [4.78, 5) is 0. The molecule has 0 aromatic rings. The molecule has 2 rings (SSSR count). The summed E-state index contributed by atoms with van der Waals surface area (Å²) in [5, 5.41) is 10.7. The number of hydrogen-bond acceptors (Lipinski definition) is 1. The van der Waals surface area contributed by atoms with Gasteiger partial charge in [-0.25, -0.2) is 0 Å². The van der Waals surface area contributed by atoms with Crippen molar-refractivity contribution in [1.82, 2.24) is 0 Å². The summed E-state index contributed by atoms with van der Waals surface area (Å²) in [6.45, 7) is 9.05. The Labute approximate surface area is 99.9 Å². The van der Waals surface area contributed by atoms with Crippen LogP contribution in [0.3, 0.4) is 0 Å². The minimum Gasteiger partial charge on any atom is -0.390 e. The lowest BCUT2D eigenvalue weighted by Crippen LogP contribution is -2.48. The molecule has 0 aliphatic heterocycles. The van der Waals surface area contributed by atoms with E-state index in [-0.39, 0.29) is 5.41 Å². The molecule has 0 saturated heterocycles. The minimum absolute atomic E-state index is 0.259. The standard InChI is InChI=1S/C15H26O/c1-11(2)15(16)9-8-13-7-5-6-12(3)14(13,4)10-15/h7,11-12,16H,5-6,8-10H2,1-4H3/t12-,14+,15+/m0/s1. The van der Waals surface area contributed by atoms with E-state index in [1.165, 1.54) is 12.8 Å². The van der Waals surface area contributed by atoms with Crippen LogP contribution < -0.4 is 0 Å². The zero-order valence-electron chi connectivity index (χ0n) is 11.2. The molecule has 2 aliphatic carbocycles. The van der Waals surface area contributed by atoms with E-state index in [1.54, 1.807) is 5.57 Å². The summed E-state index contributed by atoms with van der Waals surface area (Å²) in [6, 6.07) is 0. The highest BCUT2D eigenvalue weighted by Gasteiger charge is 2.48. The Morgan fingerprint density at radius 1 is 1.44 bits per heavy atom. The fraction of sp³-hybridized carbons (Fsp3) is 0.867. The van der Waals surface area contributed by atoms with Crippen molar-refractivity contribution in [3.63, 3.8) is 0 Å². The normalized spacial score (nSPS) is 44.1. The number of hydrogen-bond donors (Lipinski definition) is 1. The zero-order chi connectivity index (χ0) is 12.0. The fourth-order valence-corrected chi connectivity index (χ4v) is 3.62. The molecule has 0 bridgehead atoms. The van der Waals surface area contributed by atoms with E-state index in [4.69, 9.17) is 0 Å². The van der Waals surface area contributed by atoms with Crippen LogP contribution in [0.4, 0.5) is 0 Å². The number of rotatable bonds is 1. The van der Waals surface area contributed by atoms with E-state index in [2.05, 4.69) is 33.8 Å². The molecule has 0 spiro atoms. The van der Waals surface area contributed by atoms with Gasteiger partial charge in [0.25, 0.3) is 0 Å². The van der Waals surface area contributed by atoms with Crippen LogP contribution in [0.15, 0.2) is 11.6 Å². The van der Waals surface area contributed by atoms with Gasteiger partial charge in [0.05, 0.1) is 5.60 Å². The Kier molecular flexibility index (Phi) is 2.94. The maximum absolute atomic E-state index is 10.7. The van der Waals surface area contributed by atoms with E-state index >= 15 is 0 Å². The lowest BCUT2D eigenvalue weighted by atomic mass is 9.55. The van der Waals surface area contributed by atoms with Crippen molar-refractivity contribution in [3.8, 4) is 0 Å². The molecule has 0 amide bonds. The fourth-order valence-electron chi connectivity index (χ4n) is 3.62. The zero-order valence-corrected chi connectivity index (χ0v) is 11.2. The molecule has 0 aromatic carbocycles. The quantitative estimate of drug-likeness (QED) is 0.667. The lowest BCUT2D eigenvalue weighted by molar-refractivity contribution is -0.0734. The summed E-state index contributed by atoms with van der Waals surface area (Å²) >= 11 is 0. The molecule has 0 radical (unpaired) electrons. The van der Waals surface area contributed by atoms with Gasteiger partial charge >= 0.3 is 0 Å². The molecule has 92 valence electrons. The van der Waals surface area contributed by atoms with E-state index in [9.17, 15) is 5.11 Å². The lowest BCUT2D eigenvalue weighted by Gasteiger charge is -2.52. The molecule has 1 saturated carbocycles. The number of aliphatic hydroxyl groups is 1. The van der Waals surface area contributed by atoms with Gasteiger partial charge in [-0.3, -0.25) is 0 Å². The van der Waals surface area contributed by atoms with Crippen LogP contribution >= 0.6 is 0 Å². The smallest absolute Gasteiger partial charge is 0.0682 e.